The van der Waals surface area contributed by atoms with Crippen LogP contribution in [0.25, 0.3) is 0 Å². The molecule has 0 spiro atoms. The monoisotopic (exact) mass is 329 g/mol. The Kier molecular flexibility index (Phi) is 5.09. The fourth-order valence-electron chi connectivity index (χ4n) is 2.09. The molecule has 0 saturated carbocycles. The molecule has 0 aromatic carbocycles. The van der Waals surface area contributed by atoms with Gasteiger partial charge in [-0.15, -0.1) is 0 Å². The molecule has 0 radical (unpaired) electrons. The molecule has 1 aliphatic rings. The molecule has 2 rings (SSSR count). The Bertz CT molecular complexity index is 450. The Morgan fingerprint density at radius 3 is 3.11 bits per heavy atom. The first-order chi connectivity index (χ1) is 9.16. The highest BCUT2D eigenvalue weighted by atomic mass is 79.9. The van der Waals surface area contributed by atoms with E-state index in [1.165, 1.54) is 12.5 Å². The van der Waals surface area contributed by atoms with Gasteiger partial charge in [0.15, 0.2) is 0 Å². The van der Waals surface area contributed by atoms with Gasteiger partial charge in [-0.2, -0.15) is 0 Å². The summed E-state index contributed by atoms with van der Waals surface area (Å²) in [6.45, 7) is 1.45. The van der Waals surface area contributed by atoms with Crippen LogP contribution in [0, 0.1) is 10.1 Å². The van der Waals surface area contributed by atoms with E-state index in [0.717, 1.165) is 25.9 Å². The molecule has 19 heavy (non-hydrogen) atoms. The molecule has 1 aliphatic heterocycles. The van der Waals surface area contributed by atoms with Gasteiger partial charge in [0.05, 0.1) is 11.0 Å². The highest BCUT2D eigenvalue weighted by molar-refractivity contribution is 9.10. The molecular formula is C12H16BrN3O3. The fraction of sp³-hybridized carbons (Fsp3) is 0.583. The van der Waals surface area contributed by atoms with Gasteiger partial charge in [0.25, 0.3) is 0 Å². The van der Waals surface area contributed by atoms with Gasteiger partial charge < -0.3 is 10.1 Å². The van der Waals surface area contributed by atoms with Crippen LogP contribution in [0.15, 0.2) is 16.7 Å². The molecule has 0 bridgehead atoms. The Morgan fingerprint density at radius 1 is 1.58 bits per heavy atom. The first kappa shape index (κ1) is 14.2. The van der Waals surface area contributed by atoms with E-state index < -0.39 is 4.92 Å². The molecule has 2 heterocycles. The summed E-state index contributed by atoms with van der Waals surface area (Å²) in [4.78, 5) is 14.5. The van der Waals surface area contributed by atoms with Crippen molar-refractivity contribution in [2.24, 2.45) is 0 Å². The Labute approximate surface area is 119 Å². The molecular weight excluding hydrogens is 314 g/mol. The molecule has 1 fully saturated rings. The maximum atomic E-state index is 10.9. The summed E-state index contributed by atoms with van der Waals surface area (Å²) >= 11 is 3.18. The Morgan fingerprint density at radius 2 is 2.42 bits per heavy atom. The number of ether oxygens (including phenoxy) is 1. The van der Waals surface area contributed by atoms with Crippen LogP contribution in [-0.2, 0) is 4.74 Å². The van der Waals surface area contributed by atoms with E-state index in [0.29, 0.717) is 16.8 Å². The first-order valence-corrected chi connectivity index (χ1v) is 7.11. The standard InChI is InChI=1S/C12H16BrN3O3/c13-9-7-11(16(17)18)12(15-8-9)14-5-4-10-3-1-2-6-19-10/h7-8,10H,1-6H2,(H,14,15). The molecule has 7 heteroatoms. The van der Waals surface area contributed by atoms with E-state index >= 15 is 0 Å². The average molecular weight is 330 g/mol. The molecule has 0 aliphatic carbocycles. The molecule has 1 aromatic rings. The lowest BCUT2D eigenvalue weighted by molar-refractivity contribution is -0.384. The minimum atomic E-state index is -0.433. The van der Waals surface area contributed by atoms with Crippen molar-refractivity contribution in [2.45, 2.75) is 31.8 Å². The SMILES string of the molecule is O=[N+]([O-])c1cc(Br)cnc1NCCC1CCCCO1. The lowest BCUT2D eigenvalue weighted by atomic mass is 10.1. The third kappa shape index (κ3) is 4.14. The zero-order valence-corrected chi connectivity index (χ0v) is 12.1. The summed E-state index contributed by atoms with van der Waals surface area (Å²) in [6, 6.07) is 1.45. The van der Waals surface area contributed by atoms with Gasteiger partial charge in [-0.1, -0.05) is 0 Å². The molecule has 1 atom stereocenters. The number of nitro groups is 1. The summed E-state index contributed by atoms with van der Waals surface area (Å²) in [5.74, 6) is 0.309. The van der Waals surface area contributed by atoms with Crippen LogP contribution >= 0.6 is 15.9 Å². The summed E-state index contributed by atoms with van der Waals surface area (Å²) in [7, 11) is 0. The predicted molar refractivity (Wildman–Crippen MR) is 75.3 cm³/mol. The van der Waals surface area contributed by atoms with Crippen LogP contribution in [-0.4, -0.2) is 29.2 Å². The van der Waals surface area contributed by atoms with Gasteiger partial charge in [0.2, 0.25) is 5.82 Å². The Balaban J connectivity index is 1.89. The second kappa shape index (κ2) is 6.81. The van der Waals surface area contributed by atoms with Crippen LogP contribution < -0.4 is 5.32 Å². The molecule has 1 saturated heterocycles. The molecule has 1 unspecified atom stereocenters. The highest BCUT2D eigenvalue weighted by Crippen LogP contribution is 2.25. The van der Waals surface area contributed by atoms with Gasteiger partial charge in [-0.3, -0.25) is 10.1 Å². The van der Waals surface area contributed by atoms with E-state index in [2.05, 4.69) is 26.2 Å². The van der Waals surface area contributed by atoms with Gasteiger partial charge in [0, 0.05) is 29.9 Å². The highest BCUT2D eigenvalue weighted by Gasteiger charge is 2.17. The van der Waals surface area contributed by atoms with Crippen molar-refractivity contribution >= 4 is 27.4 Å². The molecule has 104 valence electrons. The van der Waals surface area contributed by atoms with E-state index in [1.807, 2.05) is 0 Å². The fourth-order valence-corrected chi connectivity index (χ4v) is 2.41. The lowest BCUT2D eigenvalue weighted by Gasteiger charge is -2.22. The maximum Gasteiger partial charge on any atom is 0.312 e. The summed E-state index contributed by atoms with van der Waals surface area (Å²) in [6.07, 6.45) is 6.04. The van der Waals surface area contributed by atoms with Gasteiger partial charge >= 0.3 is 5.69 Å². The molecule has 6 nitrogen and oxygen atoms in total. The van der Waals surface area contributed by atoms with E-state index in [-0.39, 0.29) is 11.8 Å². The molecule has 0 amide bonds. The van der Waals surface area contributed by atoms with Crippen LogP contribution in [0.4, 0.5) is 11.5 Å². The van der Waals surface area contributed by atoms with Gasteiger partial charge in [0.1, 0.15) is 0 Å². The van der Waals surface area contributed by atoms with Crippen molar-refractivity contribution in [3.05, 3.63) is 26.9 Å². The van der Waals surface area contributed by atoms with Crippen molar-refractivity contribution in [3.8, 4) is 0 Å². The molecule has 1 aromatic heterocycles. The number of nitrogens with zero attached hydrogens (tertiary/aromatic N) is 2. The number of hydrogen-bond acceptors (Lipinski definition) is 5. The first-order valence-electron chi connectivity index (χ1n) is 6.32. The Hall–Kier alpha value is -1.21. The van der Waals surface area contributed by atoms with Crippen molar-refractivity contribution in [1.29, 1.82) is 0 Å². The van der Waals surface area contributed by atoms with Gasteiger partial charge in [-0.25, -0.2) is 4.98 Å². The predicted octanol–water partition coefficient (Wildman–Crippen LogP) is 3.12. The summed E-state index contributed by atoms with van der Waals surface area (Å²) < 4.78 is 6.21. The largest absolute Gasteiger partial charge is 0.378 e. The quantitative estimate of drug-likeness (QED) is 0.663. The van der Waals surface area contributed by atoms with Crippen LogP contribution in [0.5, 0.6) is 0 Å². The summed E-state index contributed by atoms with van der Waals surface area (Å²) in [5.41, 5.74) is -0.0149. The zero-order valence-electron chi connectivity index (χ0n) is 10.5. The molecule has 1 N–H and O–H groups in total. The number of hydrogen-bond donors (Lipinski definition) is 1. The second-order valence-electron chi connectivity index (χ2n) is 4.48. The van der Waals surface area contributed by atoms with Crippen molar-refractivity contribution in [1.82, 2.24) is 4.98 Å². The van der Waals surface area contributed by atoms with Crippen molar-refractivity contribution in [3.63, 3.8) is 0 Å². The van der Waals surface area contributed by atoms with E-state index in [9.17, 15) is 10.1 Å². The van der Waals surface area contributed by atoms with E-state index in [1.54, 1.807) is 6.20 Å². The number of pyridine rings is 1. The van der Waals surface area contributed by atoms with Crippen LogP contribution in [0.1, 0.15) is 25.7 Å². The minimum Gasteiger partial charge on any atom is -0.378 e. The van der Waals surface area contributed by atoms with Crippen LogP contribution in [0.3, 0.4) is 0 Å². The second-order valence-corrected chi connectivity index (χ2v) is 5.40. The number of halogens is 1. The third-order valence-electron chi connectivity index (χ3n) is 3.06. The summed E-state index contributed by atoms with van der Waals surface area (Å²) in [5, 5.41) is 13.9. The third-order valence-corrected chi connectivity index (χ3v) is 3.50. The van der Waals surface area contributed by atoms with E-state index in [4.69, 9.17) is 4.74 Å². The van der Waals surface area contributed by atoms with Crippen LogP contribution in [0.2, 0.25) is 0 Å². The lowest BCUT2D eigenvalue weighted by Crippen LogP contribution is -2.22. The van der Waals surface area contributed by atoms with Crippen molar-refractivity contribution in [2.75, 3.05) is 18.5 Å². The smallest absolute Gasteiger partial charge is 0.312 e. The maximum absolute atomic E-state index is 10.9. The minimum absolute atomic E-state index is 0.0149. The number of nitrogens with one attached hydrogen (secondary N) is 1. The number of anilines is 1. The van der Waals surface area contributed by atoms with Crippen molar-refractivity contribution < 1.29 is 9.66 Å². The normalized spacial score (nSPS) is 19.1. The van der Waals surface area contributed by atoms with Gasteiger partial charge in [-0.05, 0) is 41.6 Å². The average Bonchev–Trinajstić information content (AvgIpc) is 2.41. The zero-order chi connectivity index (χ0) is 13.7. The topological polar surface area (TPSA) is 77.3 Å². The number of aromatic nitrogens is 1. The number of rotatable bonds is 5.